The summed E-state index contributed by atoms with van der Waals surface area (Å²) in [6, 6.07) is 18.4. The minimum Gasteiger partial charge on any atom is -0.342 e. The maximum absolute atomic E-state index is 12.1. The van der Waals surface area contributed by atoms with E-state index >= 15 is 0 Å². The highest BCUT2D eigenvalue weighted by Crippen LogP contribution is 2.35. The Kier molecular flexibility index (Phi) is 3.98. The van der Waals surface area contributed by atoms with Crippen LogP contribution in [0.2, 0.25) is 5.02 Å². The second-order valence-corrected chi connectivity index (χ2v) is 6.06. The van der Waals surface area contributed by atoms with Crippen molar-refractivity contribution in [3.8, 4) is 0 Å². The summed E-state index contributed by atoms with van der Waals surface area (Å²) >= 11 is 6.07. The van der Waals surface area contributed by atoms with Crippen LogP contribution in [-0.4, -0.2) is 23.9 Å². The fourth-order valence-corrected chi connectivity index (χ4v) is 3.36. The summed E-state index contributed by atoms with van der Waals surface area (Å²) < 4.78 is 0. The summed E-state index contributed by atoms with van der Waals surface area (Å²) in [6.45, 7) is 0. The van der Waals surface area contributed by atoms with Crippen LogP contribution in [0, 0.1) is 0 Å². The van der Waals surface area contributed by atoms with Gasteiger partial charge in [0.15, 0.2) is 0 Å². The number of likely N-dealkylation sites (N-methyl/N-ethyl adjacent to an activating group) is 1. The van der Waals surface area contributed by atoms with Crippen LogP contribution >= 0.6 is 11.6 Å². The van der Waals surface area contributed by atoms with Crippen molar-refractivity contribution in [3.63, 3.8) is 0 Å². The van der Waals surface area contributed by atoms with E-state index in [2.05, 4.69) is 18.2 Å². The highest BCUT2D eigenvalue weighted by atomic mass is 35.5. The van der Waals surface area contributed by atoms with Gasteiger partial charge in [-0.2, -0.15) is 0 Å². The van der Waals surface area contributed by atoms with Crippen molar-refractivity contribution in [2.24, 2.45) is 0 Å². The van der Waals surface area contributed by atoms with E-state index in [9.17, 15) is 4.79 Å². The topological polar surface area (TPSA) is 20.3 Å². The van der Waals surface area contributed by atoms with Crippen LogP contribution in [0.4, 0.5) is 0 Å². The van der Waals surface area contributed by atoms with Crippen molar-refractivity contribution in [1.82, 2.24) is 4.90 Å². The van der Waals surface area contributed by atoms with Gasteiger partial charge in [-0.05, 0) is 29.7 Å². The Balaban J connectivity index is 1.88. The number of nitrogens with zero attached hydrogens (tertiary/aromatic N) is 1. The Morgan fingerprint density at radius 1 is 1.14 bits per heavy atom. The number of amides is 1. The summed E-state index contributed by atoms with van der Waals surface area (Å²) in [7, 11) is 1.90. The lowest BCUT2D eigenvalue weighted by Crippen LogP contribution is -2.32. The number of likely N-dealkylation sites (tertiary alicyclic amines) is 1. The molecule has 1 fully saturated rings. The molecule has 0 N–H and O–H groups in total. The fraction of sp³-hybridized carbons (Fsp3) is 0.278. The molecule has 3 rings (SSSR count). The predicted molar refractivity (Wildman–Crippen MR) is 85.5 cm³/mol. The zero-order valence-electron chi connectivity index (χ0n) is 12.0. The zero-order valence-corrected chi connectivity index (χ0v) is 12.8. The van der Waals surface area contributed by atoms with E-state index in [1.165, 1.54) is 11.1 Å². The third-order valence-electron chi connectivity index (χ3n) is 4.31. The molecule has 1 saturated heterocycles. The van der Waals surface area contributed by atoms with Crippen molar-refractivity contribution < 1.29 is 4.79 Å². The van der Waals surface area contributed by atoms with Gasteiger partial charge in [-0.1, -0.05) is 54.1 Å². The van der Waals surface area contributed by atoms with Gasteiger partial charge in [-0.3, -0.25) is 4.79 Å². The first kappa shape index (κ1) is 14.2. The summed E-state index contributed by atoms with van der Waals surface area (Å²) in [5.41, 5.74) is 2.41. The molecule has 2 nitrogen and oxygen atoms in total. The summed E-state index contributed by atoms with van der Waals surface area (Å²) in [6.07, 6.45) is 1.42. The Hall–Kier alpha value is -1.80. The van der Waals surface area contributed by atoms with E-state index < -0.39 is 0 Å². The second-order valence-electron chi connectivity index (χ2n) is 5.63. The number of hydrogen-bond acceptors (Lipinski definition) is 1. The Morgan fingerprint density at radius 2 is 1.90 bits per heavy atom. The third kappa shape index (κ3) is 2.96. The molecule has 0 unspecified atom stereocenters. The molecule has 2 aromatic carbocycles. The van der Waals surface area contributed by atoms with Gasteiger partial charge in [-0.25, -0.2) is 0 Å². The maximum atomic E-state index is 12.1. The van der Waals surface area contributed by atoms with Crippen LogP contribution in [0.5, 0.6) is 0 Å². The highest BCUT2D eigenvalue weighted by molar-refractivity contribution is 6.30. The van der Waals surface area contributed by atoms with Crippen LogP contribution in [-0.2, 0) is 11.2 Å². The highest BCUT2D eigenvalue weighted by Gasteiger charge is 2.38. The molecule has 0 aromatic heterocycles. The average Bonchev–Trinajstić information content (AvgIpc) is 2.77. The van der Waals surface area contributed by atoms with Gasteiger partial charge in [-0.15, -0.1) is 0 Å². The van der Waals surface area contributed by atoms with Gasteiger partial charge in [0.05, 0.1) is 0 Å². The molecule has 1 aliphatic heterocycles. The van der Waals surface area contributed by atoms with Crippen molar-refractivity contribution in [1.29, 1.82) is 0 Å². The molecule has 1 amide bonds. The second kappa shape index (κ2) is 5.90. The van der Waals surface area contributed by atoms with Crippen LogP contribution in [0.1, 0.15) is 23.5 Å². The minimum atomic E-state index is 0.193. The summed E-state index contributed by atoms with van der Waals surface area (Å²) in [5.74, 6) is 0.471. The first-order valence-electron chi connectivity index (χ1n) is 7.20. The van der Waals surface area contributed by atoms with E-state index in [0.29, 0.717) is 6.42 Å². The molecule has 1 heterocycles. The first-order chi connectivity index (χ1) is 10.1. The maximum Gasteiger partial charge on any atom is 0.223 e. The number of carbonyl (C=O) groups excluding carboxylic acids is 1. The monoisotopic (exact) mass is 299 g/mol. The lowest BCUT2D eigenvalue weighted by atomic mass is 9.88. The van der Waals surface area contributed by atoms with Crippen LogP contribution < -0.4 is 0 Å². The van der Waals surface area contributed by atoms with Gasteiger partial charge in [0.2, 0.25) is 5.91 Å². The number of carbonyl (C=O) groups is 1. The Bertz CT molecular complexity index is 641. The van der Waals surface area contributed by atoms with Crippen molar-refractivity contribution in [3.05, 3.63) is 70.7 Å². The average molecular weight is 300 g/mol. The molecule has 0 aliphatic carbocycles. The van der Waals surface area contributed by atoms with E-state index in [1.54, 1.807) is 0 Å². The van der Waals surface area contributed by atoms with Gasteiger partial charge in [0, 0.05) is 30.5 Å². The fourth-order valence-electron chi connectivity index (χ4n) is 3.15. The first-order valence-corrected chi connectivity index (χ1v) is 7.58. The molecular formula is C18H18ClNO. The van der Waals surface area contributed by atoms with E-state index in [1.807, 2.05) is 48.3 Å². The van der Waals surface area contributed by atoms with Crippen LogP contribution in [0.15, 0.2) is 54.6 Å². The van der Waals surface area contributed by atoms with Gasteiger partial charge in [0.25, 0.3) is 0 Å². The lowest BCUT2D eigenvalue weighted by molar-refractivity contribution is -0.127. The van der Waals surface area contributed by atoms with Crippen LogP contribution in [0.3, 0.4) is 0 Å². The predicted octanol–water partition coefficient (Wildman–Crippen LogP) is 3.90. The van der Waals surface area contributed by atoms with Crippen molar-refractivity contribution in [2.75, 3.05) is 7.05 Å². The molecule has 21 heavy (non-hydrogen) atoms. The SMILES string of the molecule is CN1C(=O)C[C@H](c2ccccc2)[C@@H]1Cc1cccc(Cl)c1. The normalized spacial score (nSPS) is 21.8. The van der Waals surface area contributed by atoms with E-state index in [-0.39, 0.29) is 17.9 Å². The number of benzene rings is 2. The molecule has 0 bridgehead atoms. The molecule has 0 saturated carbocycles. The van der Waals surface area contributed by atoms with Gasteiger partial charge >= 0.3 is 0 Å². The summed E-state index contributed by atoms with van der Waals surface area (Å²) in [4.78, 5) is 14.0. The van der Waals surface area contributed by atoms with E-state index in [4.69, 9.17) is 11.6 Å². The number of rotatable bonds is 3. The molecule has 2 atom stereocenters. The lowest BCUT2D eigenvalue weighted by Gasteiger charge is -2.25. The Morgan fingerprint density at radius 3 is 2.62 bits per heavy atom. The molecule has 0 spiro atoms. The smallest absolute Gasteiger partial charge is 0.223 e. The van der Waals surface area contributed by atoms with E-state index in [0.717, 1.165) is 11.4 Å². The zero-order chi connectivity index (χ0) is 14.8. The third-order valence-corrected chi connectivity index (χ3v) is 4.55. The molecule has 2 aromatic rings. The van der Waals surface area contributed by atoms with Crippen molar-refractivity contribution >= 4 is 17.5 Å². The largest absolute Gasteiger partial charge is 0.342 e. The van der Waals surface area contributed by atoms with Crippen LogP contribution in [0.25, 0.3) is 0 Å². The number of hydrogen-bond donors (Lipinski definition) is 0. The minimum absolute atomic E-state index is 0.193. The molecule has 1 aliphatic rings. The van der Waals surface area contributed by atoms with Crippen molar-refractivity contribution in [2.45, 2.75) is 24.8 Å². The Labute approximate surface area is 130 Å². The number of halogens is 1. The molecular weight excluding hydrogens is 282 g/mol. The summed E-state index contributed by atoms with van der Waals surface area (Å²) in [5, 5.41) is 0.746. The quantitative estimate of drug-likeness (QED) is 0.842. The van der Waals surface area contributed by atoms with Gasteiger partial charge in [0.1, 0.15) is 0 Å². The molecule has 0 radical (unpaired) electrons. The van der Waals surface area contributed by atoms with Gasteiger partial charge < -0.3 is 4.90 Å². The molecule has 3 heteroatoms. The standard InChI is InChI=1S/C18H18ClNO/c1-20-17(11-13-6-5-9-15(19)10-13)16(12-18(20)21)14-7-3-2-4-8-14/h2-10,16-17H,11-12H2,1H3/t16-,17+/m1/s1. The molecule has 108 valence electrons.